The minimum Gasteiger partial charge on any atom is -0.494 e. The fourth-order valence-electron chi connectivity index (χ4n) is 1.94. The van der Waals surface area contributed by atoms with E-state index in [0.717, 1.165) is 23.4 Å². The molecule has 0 aliphatic carbocycles. The van der Waals surface area contributed by atoms with Crippen molar-refractivity contribution < 1.29 is 9.53 Å². The van der Waals surface area contributed by atoms with Crippen molar-refractivity contribution in [1.29, 1.82) is 0 Å². The highest BCUT2D eigenvalue weighted by atomic mass is 16.5. The van der Waals surface area contributed by atoms with Gasteiger partial charge in [0.2, 0.25) is 0 Å². The lowest BCUT2D eigenvalue weighted by atomic mass is 10.1. The van der Waals surface area contributed by atoms with E-state index in [1.165, 1.54) is 0 Å². The van der Waals surface area contributed by atoms with Crippen LogP contribution in [0.25, 0.3) is 0 Å². The van der Waals surface area contributed by atoms with Gasteiger partial charge >= 0.3 is 0 Å². The molecule has 0 spiro atoms. The molecule has 4 nitrogen and oxygen atoms in total. The van der Waals surface area contributed by atoms with Crippen LogP contribution in [0.2, 0.25) is 0 Å². The highest BCUT2D eigenvalue weighted by molar-refractivity contribution is 6.05. The molecule has 0 atom stereocenters. The number of aryl methyl sites for hydroxylation is 1. The first-order valence-electron chi connectivity index (χ1n) is 7.00. The number of anilines is 2. The Balaban J connectivity index is 2.07. The van der Waals surface area contributed by atoms with Gasteiger partial charge in [0.05, 0.1) is 6.61 Å². The summed E-state index contributed by atoms with van der Waals surface area (Å²) in [5.41, 5.74) is 8.51. The van der Waals surface area contributed by atoms with Crippen LogP contribution in [0.3, 0.4) is 0 Å². The second kappa shape index (κ2) is 6.79. The molecule has 0 fully saturated rings. The fourth-order valence-corrected chi connectivity index (χ4v) is 1.94. The largest absolute Gasteiger partial charge is 0.494 e. The maximum Gasteiger partial charge on any atom is 0.256 e. The molecule has 0 saturated heterocycles. The average Bonchev–Trinajstić information content (AvgIpc) is 2.49. The molecule has 0 aliphatic rings. The number of carbonyl (C=O) groups is 1. The molecule has 21 heavy (non-hydrogen) atoms. The lowest BCUT2D eigenvalue weighted by Crippen LogP contribution is -2.13. The number of carbonyl (C=O) groups excluding carboxylic acids is 1. The Labute approximate surface area is 124 Å². The summed E-state index contributed by atoms with van der Waals surface area (Å²) in [5.74, 6) is 0.636. The highest BCUT2D eigenvalue weighted by Gasteiger charge is 2.09. The molecule has 0 saturated carbocycles. The number of nitrogen functional groups attached to an aromatic ring is 1. The molecule has 2 rings (SSSR count). The summed E-state index contributed by atoms with van der Waals surface area (Å²) in [6.07, 6.45) is 0.965. The van der Waals surface area contributed by atoms with Gasteiger partial charge in [0.15, 0.2) is 0 Å². The van der Waals surface area contributed by atoms with E-state index in [9.17, 15) is 4.79 Å². The zero-order valence-electron chi connectivity index (χ0n) is 12.3. The Morgan fingerprint density at radius 3 is 2.57 bits per heavy atom. The van der Waals surface area contributed by atoms with Crippen LogP contribution in [0.1, 0.15) is 29.3 Å². The third-order valence-corrected chi connectivity index (χ3v) is 3.09. The van der Waals surface area contributed by atoms with Crippen LogP contribution in [0, 0.1) is 6.92 Å². The van der Waals surface area contributed by atoms with E-state index in [1.54, 1.807) is 12.1 Å². The number of benzene rings is 2. The normalized spacial score (nSPS) is 10.2. The van der Waals surface area contributed by atoms with Gasteiger partial charge in [0, 0.05) is 16.9 Å². The van der Waals surface area contributed by atoms with Gasteiger partial charge in [-0.1, -0.05) is 13.0 Å². The molecule has 0 unspecified atom stereocenters. The van der Waals surface area contributed by atoms with Crippen molar-refractivity contribution in [2.24, 2.45) is 0 Å². The molecular weight excluding hydrogens is 264 g/mol. The van der Waals surface area contributed by atoms with Gasteiger partial charge in [-0.05, 0) is 55.3 Å². The molecule has 1 amide bonds. The number of nitrogens with one attached hydrogen (secondary N) is 1. The summed E-state index contributed by atoms with van der Waals surface area (Å²) in [7, 11) is 0. The van der Waals surface area contributed by atoms with Crippen molar-refractivity contribution in [3.8, 4) is 5.75 Å². The van der Waals surface area contributed by atoms with Crippen LogP contribution < -0.4 is 15.8 Å². The molecule has 3 N–H and O–H groups in total. The molecule has 2 aromatic carbocycles. The Hall–Kier alpha value is -2.49. The molecule has 0 radical (unpaired) electrons. The molecular formula is C17H20N2O2. The maximum atomic E-state index is 12.2. The summed E-state index contributed by atoms with van der Waals surface area (Å²) in [4.78, 5) is 12.2. The van der Waals surface area contributed by atoms with Crippen molar-refractivity contribution in [2.45, 2.75) is 20.3 Å². The maximum absolute atomic E-state index is 12.2. The molecule has 0 aliphatic heterocycles. The van der Waals surface area contributed by atoms with Gasteiger partial charge in [0.25, 0.3) is 5.91 Å². The van der Waals surface area contributed by atoms with Crippen molar-refractivity contribution >= 4 is 17.3 Å². The summed E-state index contributed by atoms with van der Waals surface area (Å²) in [6.45, 7) is 4.63. The van der Waals surface area contributed by atoms with Crippen LogP contribution in [0.5, 0.6) is 5.75 Å². The first kappa shape index (κ1) is 14.9. The smallest absolute Gasteiger partial charge is 0.256 e. The van der Waals surface area contributed by atoms with Gasteiger partial charge in [-0.25, -0.2) is 0 Å². The lowest BCUT2D eigenvalue weighted by molar-refractivity contribution is 0.102. The van der Waals surface area contributed by atoms with E-state index in [2.05, 4.69) is 12.2 Å². The van der Waals surface area contributed by atoms with Crippen molar-refractivity contribution in [1.82, 2.24) is 0 Å². The SMILES string of the molecule is CCCOc1ccc(NC(=O)c2cc(N)ccc2C)cc1. The molecule has 0 bridgehead atoms. The predicted octanol–water partition coefficient (Wildman–Crippen LogP) is 3.62. The Morgan fingerprint density at radius 2 is 1.90 bits per heavy atom. The van der Waals surface area contributed by atoms with Gasteiger partial charge < -0.3 is 15.8 Å². The van der Waals surface area contributed by atoms with Crippen LogP contribution in [-0.2, 0) is 0 Å². The number of nitrogens with two attached hydrogens (primary N) is 1. The Bertz CT molecular complexity index is 621. The van der Waals surface area contributed by atoms with Crippen LogP contribution in [0.4, 0.5) is 11.4 Å². The van der Waals surface area contributed by atoms with Crippen LogP contribution in [-0.4, -0.2) is 12.5 Å². The summed E-state index contributed by atoms with van der Waals surface area (Å²) < 4.78 is 5.51. The van der Waals surface area contributed by atoms with Gasteiger partial charge in [-0.3, -0.25) is 4.79 Å². The van der Waals surface area contributed by atoms with Crippen LogP contribution in [0.15, 0.2) is 42.5 Å². The summed E-state index contributed by atoms with van der Waals surface area (Å²) in [6, 6.07) is 12.6. The van der Waals surface area contributed by atoms with E-state index in [4.69, 9.17) is 10.5 Å². The molecule has 0 heterocycles. The third kappa shape index (κ3) is 3.99. The number of amides is 1. The average molecular weight is 284 g/mol. The molecule has 110 valence electrons. The van der Waals surface area contributed by atoms with Crippen molar-refractivity contribution in [2.75, 3.05) is 17.7 Å². The Morgan fingerprint density at radius 1 is 1.19 bits per heavy atom. The van der Waals surface area contributed by atoms with Gasteiger partial charge in [-0.15, -0.1) is 0 Å². The number of hydrogen-bond donors (Lipinski definition) is 2. The quantitative estimate of drug-likeness (QED) is 0.824. The van der Waals surface area contributed by atoms with E-state index in [0.29, 0.717) is 17.9 Å². The molecule has 0 aromatic heterocycles. The Kier molecular flexibility index (Phi) is 4.82. The summed E-state index contributed by atoms with van der Waals surface area (Å²) >= 11 is 0. The second-order valence-corrected chi connectivity index (χ2v) is 4.90. The lowest BCUT2D eigenvalue weighted by Gasteiger charge is -2.09. The number of ether oxygens (including phenoxy) is 1. The van der Waals surface area contributed by atoms with Gasteiger partial charge in [0.1, 0.15) is 5.75 Å². The minimum atomic E-state index is -0.165. The van der Waals surface area contributed by atoms with Crippen molar-refractivity contribution in [3.63, 3.8) is 0 Å². The number of rotatable bonds is 5. The zero-order valence-corrected chi connectivity index (χ0v) is 12.3. The number of hydrogen-bond acceptors (Lipinski definition) is 3. The van der Waals surface area contributed by atoms with E-state index >= 15 is 0 Å². The molecule has 4 heteroatoms. The van der Waals surface area contributed by atoms with Crippen molar-refractivity contribution in [3.05, 3.63) is 53.6 Å². The molecule has 2 aromatic rings. The van der Waals surface area contributed by atoms with E-state index in [-0.39, 0.29) is 5.91 Å². The summed E-state index contributed by atoms with van der Waals surface area (Å²) in [5, 5.41) is 2.86. The fraction of sp³-hybridized carbons (Fsp3) is 0.235. The first-order chi connectivity index (χ1) is 10.1. The van der Waals surface area contributed by atoms with E-state index < -0.39 is 0 Å². The minimum absolute atomic E-state index is 0.165. The van der Waals surface area contributed by atoms with E-state index in [1.807, 2.05) is 37.3 Å². The van der Waals surface area contributed by atoms with Crippen LogP contribution >= 0.6 is 0 Å². The van der Waals surface area contributed by atoms with Gasteiger partial charge in [-0.2, -0.15) is 0 Å². The highest BCUT2D eigenvalue weighted by Crippen LogP contribution is 2.18. The predicted molar refractivity (Wildman–Crippen MR) is 85.8 cm³/mol. The standard InChI is InChI=1S/C17H20N2O2/c1-3-10-21-15-8-6-14(7-9-15)19-17(20)16-11-13(18)5-4-12(16)2/h4-9,11H,3,10,18H2,1-2H3,(H,19,20). The third-order valence-electron chi connectivity index (χ3n) is 3.09. The monoisotopic (exact) mass is 284 g/mol. The first-order valence-corrected chi connectivity index (χ1v) is 7.00. The second-order valence-electron chi connectivity index (χ2n) is 4.90. The zero-order chi connectivity index (χ0) is 15.2. The topological polar surface area (TPSA) is 64.3 Å².